The SMILES string of the molecule is CCOC(=O)CCC(=O)C1CCC(CF)CC1. The van der Waals surface area contributed by atoms with Crippen LogP contribution in [0, 0.1) is 11.8 Å². The highest BCUT2D eigenvalue weighted by Crippen LogP contribution is 2.30. The van der Waals surface area contributed by atoms with Crippen molar-refractivity contribution < 1.29 is 18.7 Å². The molecule has 0 aromatic carbocycles. The van der Waals surface area contributed by atoms with Gasteiger partial charge in [0.1, 0.15) is 5.78 Å². The third-order valence-electron chi connectivity index (χ3n) is 3.40. The van der Waals surface area contributed by atoms with Crippen molar-refractivity contribution in [3.63, 3.8) is 0 Å². The highest BCUT2D eigenvalue weighted by molar-refractivity contribution is 5.84. The molecule has 0 spiro atoms. The molecular weight excluding hydrogens is 223 g/mol. The maximum Gasteiger partial charge on any atom is 0.306 e. The van der Waals surface area contributed by atoms with E-state index in [0.29, 0.717) is 6.61 Å². The Morgan fingerprint density at radius 1 is 1.18 bits per heavy atom. The van der Waals surface area contributed by atoms with Crippen LogP contribution in [0.2, 0.25) is 0 Å². The van der Waals surface area contributed by atoms with Crippen molar-refractivity contribution in [2.24, 2.45) is 11.8 Å². The largest absolute Gasteiger partial charge is 0.466 e. The Balaban J connectivity index is 2.22. The maximum atomic E-state index is 12.4. The smallest absolute Gasteiger partial charge is 0.306 e. The summed E-state index contributed by atoms with van der Waals surface area (Å²) in [5.74, 6) is 0.00462. The van der Waals surface area contributed by atoms with E-state index in [-0.39, 0.29) is 43.1 Å². The Morgan fingerprint density at radius 3 is 2.35 bits per heavy atom. The molecule has 0 aromatic heterocycles. The van der Waals surface area contributed by atoms with E-state index in [1.807, 2.05) is 0 Å². The predicted molar refractivity (Wildman–Crippen MR) is 62.3 cm³/mol. The first-order chi connectivity index (χ1) is 8.17. The van der Waals surface area contributed by atoms with Crippen molar-refractivity contribution in [3.8, 4) is 0 Å². The fourth-order valence-electron chi connectivity index (χ4n) is 2.30. The predicted octanol–water partition coefficient (Wildman–Crippen LogP) is 2.67. The normalized spacial score (nSPS) is 24.4. The van der Waals surface area contributed by atoms with Crippen LogP contribution < -0.4 is 0 Å². The van der Waals surface area contributed by atoms with Crippen molar-refractivity contribution in [2.45, 2.75) is 45.4 Å². The molecule has 0 aliphatic heterocycles. The molecule has 3 nitrogen and oxygen atoms in total. The lowest BCUT2D eigenvalue weighted by atomic mass is 9.80. The van der Waals surface area contributed by atoms with Gasteiger partial charge in [0.05, 0.1) is 19.7 Å². The van der Waals surface area contributed by atoms with Crippen molar-refractivity contribution in [3.05, 3.63) is 0 Å². The zero-order valence-corrected chi connectivity index (χ0v) is 10.4. The van der Waals surface area contributed by atoms with Gasteiger partial charge in [0, 0.05) is 12.3 Å². The number of ether oxygens (including phenoxy) is 1. The van der Waals surface area contributed by atoms with Crippen LogP contribution in [-0.2, 0) is 14.3 Å². The maximum absolute atomic E-state index is 12.4. The molecule has 17 heavy (non-hydrogen) atoms. The van der Waals surface area contributed by atoms with E-state index in [1.54, 1.807) is 6.92 Å². The van der Waals surface area contributed by atoms with Gasteiger partial charge in [-0.25, -0.2) is 0 Å². The van der Waals surface area contributed by atoms with Crippen molar-refractivity contribution in [1.82, 2.24) is 0 Å². The highest BCUT2D eigenvalue weighted by atomic mass is 19.1. The molecule has 0 N–H and O–H groups in total. The minimum absolute atomic E-state index is 0.0345. The third-order valence-corrected chi connectivity index (χ3v) is 3.40. The Kier molecular flexibility index (Phi) is 6.16. The number of hydrogen-bond acceptors (Lipinski definition) is 3. The van der Waals surface area contributed by atoms with Crippen LogP contribution in [0.25, 0.3) is 0 Å². The van der Waals surface area contributed by atoms with Gasteiger partial charge in [-0.3, -0.25) is 14.0 Å². The Bertz CT molecular complexity index is 257. The van der Waals surface area contributed by atoms with Crippen LogP contribution in [0.15, 0.2) is 0 Å². The lowest BCUT2D eigenvalue weighted by molar-refractivity contribution is -0.144. The highest BCUT2D eigenvalue weighted by Gasteiger charge is 2.26. The summed E-state index contributed by atoms with van der Waals surface area (Å²) in [7, 11) is 0. The summed E-state index contributed by atoms with van der Waals surface area (Å²) >= 11 is 0. The average molecular weight is 244 g/mol. The summed E-state index contributed by atoms with van der Waals surface area (Å²) in [6, 6.07) is 0. The van der Waals surface area contributed by atoms with Gasteiger partial charge < -0.3 is 4.74 Å². The number of carbonyl (C=O) groups excluding carboxylic acids is 2. The van der Waals surface area contributed by atoms with Gasteiger partial charge in [-0.05, 0) is 38.5 Å². The van der Waals surface area contributed by atoms with E-state index in [2.05, 4.69) is 0 Å². The van der Waals surface area contributed by atoms with Crippen LogP contribution in [0.1, 0.15) is 45.4 Å². The van der Waals surface area contributed by atoms with Crippen molar-refractivity contribution >= 4 is 11.8 Å². The molecule has 1 aliphatic rings. The van der Waals surface area contributed by atoms with Gasteiger partial charge in [0.15, 0.2) is 0 Å². The second kappa shape index (κ2) is 7.41. The molecule has 98 valence electrons. The molecule has 0 radical (unpaired) electrons. The second-order valence-corrected chi connectivity index (χ2v) is 4.64. The molecule has 0 aromatic rings. The number of hydrogen-bond donors (Lipinski definition) is 0. The quantitative estimate of drug-likeness (QED) is 0.675. The van der Waals surface area contributed by atoms with Crippen molar-refractivity contribution in [2.75, 3.05) is 13.3 Å². The first kappa shape index (κ1) is 14.1. The molecule has 4 heteroatoms. The number of esters is 1. The van der Waals surface area contributed by atoms with E-state index in [9.17, 15) is 14.0 Å². The number of halogens is 1. The second-order valence-electron chi connectivity index (χ2n) is 4.64. The van der Waals surface area contributed by atoms with Gasteiger partial charge in [-0.15, -0.1) is 0 Å². The summed E-state index contributed by atoms with van der Waals surface area (Å²) in [6.45, 7) is 1.83. The Morgan fingerprint density at radius 2 is 1.82 bits per heavy atom. The molecule has 1 saturated carbocycles. The zero-order chi connectivity index (χ0) is 12.7. The van der Waals surface area contributed by atoms with Gasteiger partial charge in [0.25, 0.3) is 0 Å². The molecule has 1 rings (SSSR count). The van der Waals surface area contributed by atoms with E-state index in [0.717, 1.165) is 25.7 Å². The lowest BCUT2D eigenvalue weighted by Gasteiger charge is -2.25. The molecule has 1 fully saturated rings. The minimum atomic E-state index is -0.307. The van der Waals surface area contributed by atoms with Gasteiger partial charge >= 0.3 is 5.97 Å². The minimum Gasteiger partial charge on any atom is -0.466 e. The molecule has 0 atom stereocenters. The van der Waals surface area contributed by atoms with Crippen LogP contribution in [-0.4, -0.2) is 25.0 Å². The van der Waals surface area contributed by atoms with E-state index >= 15 is 0 Å². The molecule has 0 heterocycles. The monoisotopic (exact) mass is 244 g/mol. The van der Waals surface area contributed by atoms with Crippen LogP contribution >= 0.6 is 0 Å². The Hall–Kier alpha value is -0.930. The molecule has 0 unspecified atom stereocenters. The van der Waals surface area contributed by atoms with E-state index in [1.165, 1.54) is 0 Å². The summed E-state index contributed by atoms with van der Waals surface area (Å²) in [4.78, 5) is 22.9. The molecule has 0 saturated heterocycles. The van der Waals surface area contributed by atoms with Crippen LogP contribution in [0.5, 0.6) is 0 Å². The molecule has 1 aliphatic carbocycles. The average Bonchev–Trinajstić information content (AvgIpc) is 2.36. The summed E-state index contributed by atoms with van der Waals surface area (Å²) < 4.78 is 17.2. The number of alkyl halides is 1. The topological polar surface area (TPSA) is 43.4 Å². The summed E-state index contributed by atoms with van der Waals surface area (Å²) in [5, 5.41) is 0. The molecule has 0 bridgehead atoms. The number of Topliss-reactive ketones (excluding diaryl/α,β-unsaturated/α-hetero) is 1. The fourth-order valence-corrected chi connectivity index (χ4v) is 2.30. The van der Waals surface area contributed by atoms with Gasteiger partial charge in [0.2, 0.25) is 0 Å². The lowest BCUT2D eigenvalue weighted by Crippen LogP contribution is -2.23. The van der Waals surface area contributed by atoms with Crippen LogP contribution in [0.4, 0.5) is 4.39 Å². The van der Waals surface area contributed by atoms with Gasteiger partial charge in [-0.1, -0.05) is 0 Å². The number of rotatable bonds is 6. The summed E-state index contributed by atoms with van der Waals surface area (Å²) in [6.07, 6.45) is 3.59. The van der Waals surface area contributed by atoms with Crippen molar-refractivity contribution in [1.29, 1.82) is 0 Å². The summed E-state index contributed by atoms with van der Waals surface area (Å²) in [5.41, 5.74) is 0. The molecular formula is C13H21FO3. The number of ketones is 1. The first-order valence-electron chi connectivity index (χ1n) is 6.41. The zero-order valence-electron chi connectivity index (χ0n) is 10.4. The van der Waals surface area contributed by atoms with Crippen LogP contribution in [0.3, 0.4) is 0 Å². The fraction of sp³-hybridized carbons (Fsp3) is 0.846. The number of carbonyl (C=O) groups is 2. The van der Waals surface area contributed by atoms with Gasteiger partial charge in [-0.2, -0.15) is 0 Å². The first-order valence-corrected chi connectivity index (χ1v) is 6.41. The Labute approximate surface area is 102 Å². The standard InChI is InChI=1S/C13H21FO3/c1-2-17-13(16)8-7-12(15)11-5-3-10(9-14)4-6-11/h10-11H,2-9H2,1H3. The van der Waals surface area contributed by atoms with E-state index < -0.39 is 0 Å². The third kappa shape index (κ3) is 4.84. The molecule has 0 amide bonds. The van der Waals surface area contributed by atoms with E-state index in [4.69, 9.17) is 4.74 Å².